The van der Waals surface area contributed by atoms with Crippen LogP contribution in [0.1, 0.15) is 27.6 Å². The number of nitrogens with zero attached hydrogens (tertiary/aromatic N) is 9. The van der Waals surface area contributed by atoms with Crippen LogP contribution in [-0.2, 0) is 38.2 Å². The molecule has 3 rings (SSSR count). The van der Waals surface area contributed by atoms with Gasteiger partial charge in [-0.3, -0.25) is 4.79 Å². The zero-order valence-corrected chi connectivity index (χ0v) is 14.5. The smallest absolute Gasteiger partial charge is 0.367 e. The predicted molar refractivity (Wildman–Crippen MR) is 82.8 cm³/mol. The summed E-state index contributed by atoms with van der Waals surface area (Å²) in [6, 6.07) is 0.666. The van der Waals surface area contributed by atoms with Gasteiger partial charge in [0.2, 0.25) is 0 Å². The van der Waals surface area contributed by atoms with Gasteiger partial charge in [0.05, 0.1) is 24.9 Å². The van der Waals surface area contributed by atoms with Gasteiger partial charge in [-0.1, -0.05) is 0 Å². The van der Waals surface area contributed by atoms with E-state index in [1.807, 2.05) is 0 Å². The van der Waals surface area contributed by atoms with E-state index in [0.29, 0.717) is 6.07 Å². The molecule has 0 aliphatic carbocycles. The summed E-state index contributed by atoms with van der Waals surface area (Å²) in [5.74, 6) is -0.887. The monoisotopic (exact) mass is 398 g/mol. The number of carbonyl (C=O) groups excluding carboxylic acids is 1. The number of hydrogen-bond donors (Lipinski definition) is 1. The zero-order valence-electron chi connectivity index (χ0n) is 14.5. The van der Waals surface area contributed by atoms with Crippen molar-refractivity contribution in [2.75, 3.05) is 0 Å². The highest BCUT2D eigenvalue weighted by Gasteiger charge is 2.35. The maximum absolute atomic E-state index is 13.3. The molecule has 0 aromatic carbocycles. The molecule has 3 aromatic rings. The fourth-order valence-electron chi connectivity index (χ4n) is 2.38. The molecule has 148 valence electrons. The Labute approximate surface area is 154 Å². The molecule has 12 nitrogen and oxygen atoms in total. The molecule has 3 aromatic heterocycles. The van der Waals surface area contributed by atoms with Gasteiger partial charge in [0.15, 0.2) is 11.6 Å². The molecule has 0 spiro atoms. The van der Waals surface area contributed by atoms with Crippen LogP contribution in [0.5, 0.6) is 0 Å². The average molecular weight is 398 g/mol. The minimum absolute atomic E-state index is 0.0847. The molecule has 15 heteroatoms. The lowest BCUT2D eigenvalue weighted by atomic mass is 10.0. The number of aryl methyl sites for hydroxylation is 2. The number of nitrogens with two attached hydrogens (primary N) is 1. The summed E-state index contributed by atoms with van der Waals surface area (Å²) in [6.07, 6.45) is -4.78. The van der Waals surface area contributed by atoms with Crippen LogP contribution in [0.4, 0.5) is 13.2 Å². The lowest BCUT2D eigenvalue weighted by Crippen LogP contribution is -2.21. The number of rotatable bonds is 6. The molecule has 0 unspecified atom stereocenters. The molecule has 0 bridgehead atoms. The van der Waals surface area contributed by atoms with Gasteiger partial charge in [0.1, 0.15) is 12.3 Å². The second-order valence-electron chi connectivity index (χ2n) is 5.55. The van der Waals surface area contributed by atoms with Crippen molar-refractivity contribution < 1.29 is 22.7 Å². The van der Waals surface area contributed by atoms with E-state index in [-0.39, 0.29) is 35.1 Å². The van der Waals surface area contributed by atoms with Crippen LogP contribution in [0, 0.1) is 0 Å². The number of amides is 1. The second kappa shape index (κ2) is 7.26. The van der Waals surface area contributed by atoms with Crippen molar-refractivity contribution in [3.63, 3.8) is 0 Å². The molecule has 1 amide bonds. The largest absolute Gasteiger partial charge is 0.433 e. The Morgan fingerprint density at radius 1 is 1.21 bits per heavy atom. The highest BCUT2D eigenvalue weighted by molar-refractivity contribution is 6.00. The van der Waals surface area contributed by atoms with Crippen LogP contribution >= 0.6 is 0 Å². The fourth-order valence-corrected chi connectivity index (χ4v) is 2.38. The number of hydrogen-bond acceptors (Lipinski definition) is 9. The van der Waals surface area contributed by atoms with Crippen LogP contribution in [0.2, 0.25) is 0 Å². The second-order valence-corrected chi connectivity index (χ2v) is 5.55. The van der Waals surface area contributed by atoms with E-state index in [2.05, 4.69) is 35.9 Å². The van der Waals surface area contributed by atoms with Gasteiger partial charge >= 0.3 is 6.18 Å². The molecule has 28 heavy (non-hydrogen) atoms. The van der Waals surface area contributed by atoms with Crippen molar-refractivity contribution in [1.82, 2.24) is 45.4 Å². The van der Waals surface area contributed by atoms with Gasteiger partial charge in [0, 0.05) is 12.6 Å². The minimum Gasteiger partial charge on any atom is -0.367 e. The van der Waals surface area contributed by atoms with E-state index >= 15 is 0 Å². The van der Waals surface area contributed by atoms with E-state index in [9.17, 15) is 18.0 Å². The lowest BCUT2D eigenvalue weighted by molar-refractivity contribution is -0.141. The predicted octanol–water partition coefficient (Wildman–Crippen LogP) is -0.370. The van der Waals surface area contributed by atoms with Gasteiger partial charge in [-0.05, 0) is 21.7 Å². The maximum Gasteiger partial charge on any atom is 0.433 e. The van der Waals surface area contributed by atoms with Crippen LogP contribution in [0.15, 0.2) is 6.07 Å². The Hall–Kier alpha value is -3.49. The number of pyridine rings is 1. The van der Waals surface area contributed by atoms with E-state index in [0.717, 1.165) is 4.68 Å². The third-order valence-electron chi connectivity index (χ3n) is 3.51. The van der Waals surface area contributed by atoms with Crippen molar-refractivity contribution in [2.45, 2.75) is 19.4 Å². The number of alkyl halides is 3. The van der Waals surface area contributed by atoms with E-state index in [4.69, 9.17) is 10.5 Å². The fraction of sp³-hybridized carbons (Fsp3) is 0.385. The van der Waals surface area contributed by atoms with Crippen molar-refractivity contribution in [3.05, 3.63) is 28.8 Å². The van der Waals surface area contributed by atoms with Crippen LogP contribution in [0.25, 0.3) is 11.4 Å². The molecule has 0 saturated heterocycles. The molecule has 0 atom stereocenters. The molecule has 0 fully saturated rings. The third kappa shape index (κ3) is 3.93. The lowest BCUT2D eigenvalue weighted by Gasteiger charge is -2.15. The van der Waals surface area contributed by atoms with Crippen LogP contribution in [-0.4, -0.2) is 51.3 Å². The molecule has 0 aliphatic rings. The Kier molecular flexibility index (Phi) is 5.00. The SMILES string of the molecule is Cn1nnc(COCc2nc(C(F)(F)F)cc(-c3nnnn3C)c2C(N)=O)n1. The normalized spacial score (nSPS) is 11.8. The van der Waals surface area contributed by atoms with E-state index in [1.165, 1.54) is 18.9 Å². The number of halogens is 3. The minimum atomic E-state index is -4.78. The maximum atomic E-state index is 13.3. The summed E-state index contributed by atoms with van der Waals surface area (Å²) in [7, 11) is 2.95. The molecule has 0 radical (unpaired) electrons. The Morgan fingerprint density at radius 3 is 2.50 bits per heavy atom. The van der Waals surface area contributed by atoms with E-state index in [1.54, 1.807) is 0 Å². The Balaban J connectivity index is 2.03. The molecule has 2 N–H and O–H groups in total. The molecule has 3 heterocycles. The van der Waals surface area contributed by atoms with E-state index < -0.39 is 24.4 Å². The first-order valence-corrected chi connectivity index (χ1v) is 7.61. The van der Waals surface area contributed by atoms with Crippen molar-refractivity contribution >= 4 is 5.91 Å². The van der Waals surface area contributed by atoms with Crippen molar-refractivity contribution in [3.8, 4) is 11.4 Å². The summed E-state index contributed by atoms with van der Waals surface area (Å²) in [5.41, 5.74) is 3.34. The van der Waals surface area contributed by atoms with Gasteiger partial charge in [-0.2, -0.15) is 18.0 Å². The van der Waals surface area contributed by atoms with Gasteiger partial charge < -0.3 is 10.5 Å². The number of tetrazole rings is 2. The molecular formula is C13H13F3N10O2. The summed E-state index contributed by atoms with van der Waals surface area (Å²) >= 11 is 0. The Bertz CT molecular complexity index is 1010. The standard InChI is InChI=1S/C13H13F3N10O2/c1-25-12(20-22-24-25)6-3-8(13(14,15)16)18-7(10(6)11(17)27)4-28-5-9-19-23-26(2)21-9/h3H,4-5H2,1-2H3,(H2,17,27). The van der Waals surface area contributed by atoms with Gasteiger partial charge in [0.25, 0.3) is 5.91 Å². The molecular weight excluding hydrogens is 385 g/mol. The van der Waals surface area contributed by atoms with Crippen LogP contribution in [0.3, 0.4) is 0 Å². The quantitative estimate of drug-likeness (QED) is 0.586. The van der Waals surface area contributed by atoms with Crippen molar-refractivity contribution in [1.29, 1.82) is 0 Å². The molecule has 0 aliphatic heterocycles. The summed E-state index contributed by atoms with van der Waals surface area (Å²) in [4.78, 5) is 16.7. The topological polar surface area (TPSA) is 152 Å². The number of ether oxygens (including phenoxy) is 1. The first-order valence-electron chi connectivity index (χ1n) is 7.61. The number of carbonyl (C=O) groups is 1. The Morgan fingerprint density at radius 2 is 1.96 bits per heavy atom. The molecule has 0 saturated carbocycles. The summed E-state index contributed by atoms with van der Waals surface area (Å²) in [5, 5.41) is 21.8. The summed E-state index contributed by atoms with van der Waals surface area (Å²) < 4.78 is 46.3. The van der Waals surface area contributed by atoms with Gasteiger partial charge in [-0.15, -0.1) is 15.3 Å². The highest BCUT2D eigenvalue weighted by atomic mass is 19.4. The van der Waals surface area contributed by atoms with Gasteiger partial charge in [-0.25, -0.2) is 9.67 Å². The number of aromatic nitrogens is 9. The summed E-state index contributed by atoms with van der Waals surface area (Å²) in [6.45, 7) is -0.621. The average Bonchev–Trinajstić information content (AvgIpc) is 3.21. The zero-order chi connectivity index (χ0) is 20.5. The van der Waals surface area contributed by atoms with Crippen LogP contribution < -0.4 is 5.73 Å². The first-order chi connectivity index (χ1) is 13.2. The number of primary amides is 1. The van der Waals surface area contributed by atoms with Crippen molar-refractivity contribution in [2.24, 2.45) is 19.8 Å². The highest BCUT2D eigenvalue weighted by Crippen LogP contribution is 2.33. The third-order valence-corrected chi connectivity index (χ3v) is 3.51. The first kappa shape index (κ1) is 19.3.